The van der Waals surface area contributed by atoms with Crippen molar-refractivity contribution in [3.8, 4) is 11.1 Å². The van der Waals surface area contributed by atoms with Crippen LogP contribution in [0.4, 0.5) is 51.2 Å². The highest BCUT2D eigenvalue weighted by molar-refractivity contribution is 6.88. The largest absolute Gasteiger partial charge is 0.454 e. The minimum atomic E-state index is -1.82. The lowest BCUT2D eigenvalue weighted by Gasteiger charge is -2.37. The van der Waals surface area contributed by atoms with Crippen molar-refractivity contribution in [3.63, 3.8) is 0 Å². The number of nitrogens with zero attached hydrogens (tertiary/aromatic N) is 3. The Bertz CT molecular complexity index is 5290. The van der Waals surface area contributed by atoms with Crippen LogP contribution in [0, 0.1) is 0 Å². The van der Waals surface area contributed by atoms with E-state index < -0.39 is 13.5 Å². The Labute approximate surface area is 587 Å². The summed E-state index contributed by atoms with van der Waals surface area (Å²) in [6, 6.07) is 106. The first kappa shape index (κ1) is 64.8. The lowest BCUT2D eigenvalue weighted by Crippen LogP contribution is -2.38. The summed E-state index contributed by atoms with van der Waals surface area (Å²) in [5.74, 6) is 0. The quantitative estimate of drug-likeness (QED) is 0.114. The molecule has 99 heavy (non-hydrogen) atoms. The van der Waals surface area contributed by atoms with Gasteiger partial charge in [0.15, 0.2) is 5.58 Å². The minimum absolute atomic E-state index is 0.00549. The summed E-state index contributed by atoms with van der Waals surface area (Å²) in [5.41, 5.74) is 22.5. The molecule has 13 aromatic carbocycles. The second kappa shape index (κ2) is 24.1. The van der Waals surface area contributed by atoms with Crippen molar-refractivity contribution in [2.24, 2.45) is 0 Å². The first-order valence-corrected chi connectivity index (χ1v) is 38.9. The van der Waals surface area contributed by atoms with Gasteiger partial charge in [-0.15, -0.1) is 0 Å². The zero-order valence-corrected chi connectivity index (χ0v) is 61.3. The van der Waals surface area contributed by atoms with Gasteiger partial charge in [0.05, 0.1) is 30.6 Å². The highest BCUT2D eigenvalue weighted by Gasteiger charge is 2.49. The molecular weight excluding hydrogens is 1220 g/mol. The summed E-state index contributed by atoms with van der Waals surface area (Å²) in [6.45, 7) is 34.9. The average Bonchev–Trinajstić information content (AvgIpc) is 1.52. The van der Waals surface area contributed by atoms with Crippen molar-refractivity contribution < 1.29 is 4.42 Å². The van der Waals surface area contributed by atoms with Gasteiger partial charge in [-0.05, 0) is 185 Å². The van der Waals surface area contributed by atoms with Crippen molar-refractivity contribution >= 4 is 108 Å². The molecule has 0 radical (unpaired) electrons. The molecule has 0 N–H and O–H groups in total. The van der Waals surface area contributed by atoms with Crippen molar-refractivity contribution in [1.82, 2.24) is 0 Å². The Balaban J connectivity index is 1.08. The summed E-state index contributed by atoms with van der Waals surface area (Å²) < 4.78 is 7.55. The molecule has 4 nitrogen and oxygen atoms in total. The highest BCUT2D eigenvalue weighted by atomic mass is 28.3. The van der Waals surface area contributed by atoms with Crippen LogP contribution in [-0.4, -0.2) is 8.07 Å². The van der Waals surface area contributed by atoms with Crippen LogP contribution in [0.15, 0.2) is 283 Å². The Morgan fingerprint density at radius 1 is 0.313 bits per heavy atom. The van der Waals surface area contributed by atoms with E-state index in [2.05, 4.69) is 396 Å². The van der Waals surface area contributed by atoms with Crippen LogP contribution < -0.4 is 19.9 Å². The van der Waals surface area contributed by atoms with Gasteiger partial charge in [0, 0.05) is 55.7 Å². The number of para-hydroxylation sites is 1. The maximum absolute atomic E-state index is 7.55. The monoisotopic (exact) mass is 1310 g/mol. The number of furan rings is 1. The smallest absolute Gasteiger partial charge is 0.160 e. The third kappa shape index (κ3) is 11.4. The van der Waals surface area contributed by atoms with E-state index in [-0.39, 0.29) is 21.7 Å². The molecule has 0 fully saturated rings. The third-order valence-corrected chi connectivity index (χ3v) is 23.0. The van der Waals surface area contributed by atoms with E-state index in [4.69, 9.17) is 4.42 Å². The van der Waals surface area contributed by atoms with Gasteiger partial charge in [0.1, 0.15) is 5.58 Å². The van der Waals surface area contributed by atoms with E-state index in [1.54, 1.807) is 0 Å². The maximum atomic E-state index is 7.55. The Hall–Kier alpha value is -10.2. The van der Waals surface area contributed by atoms with E-state index in [1.165, 1.54) is 71.4 Å². The van der Waals surface area contributed by atoms with Gasteiger partial charge in [-0.1, -0.05) is 290 Å². The summed E-state index contributed by atoms with van der Waals surface area (Å²) in [5, 5.41) is 8.25. The van der Waals surface area contributed by atoms with Crippen LogP contribution >= 0.6 is 0 Å². The van der Waals surface area contributed by atoms with Crippen LogP contribution in [0.3, 0.4) is 0 Å². The molecule has 0 spiro atoms. The molecule has 15 rings (SSSR count). The normalized spacial score (nSPS) is 14.3. The Kier molecular flexibility index (Phi) is 15.7. The molecule has 0 saturated carbocycles. The molecule has 14 aromatic rings. The maximum Gasteiger partial charge on any atom is 0.160 e. The second-order valence-electron chi connectivity index (χ2n) is 32.7. The number of hydrogen-bond acceptors (Lipinski definition) is 4. The van der Waals surface area contributed by atoms with Crippen LogP contribution in [-0.2, 0) is 27.1 Å². The molecule has 1 aromatic heterocycles. The predicted octanol–water partition coefficient (Wildman–Crippen LogP) is 26.4. The summed E-state index contributed by atoms with van der Waals surface area (Å²) >= 11 is 0. The van der Waals surface area contributed by atoms with Crippen LogP contribution in [0.25, 0.3) is 54.6 Å². The molecular formula is C94H91N3OSi. The summed E-state index contributed by atoms with van der Waals surface area (Å²) in [7, 11) is -1.82. The van der Waals surface area contributed by atoms with E-state index in [0.717, 1.165) is 84.1 Å². The van der Waals surface area contributed by atoms with E-state index in [1.807, 2.05) is 0 Å². The van der Waals surface area contributed by atoms with Gasteiger partial charge in [0.25, 0.3) is 0 Å². The number of hydrogen-bond donors (Lipinski definition) is 0. The molecule has 0 saturated heterocycles. The molecule has 1 atom stereocenters. The van der Waals surface area contributed by atoms with Crippen LogP contribution in [0.1, 0.15) is 128 Å². The van der Waals surface area contributed by atoms with Gasteiger partial charge < -0.3 is 19.1 Å². The van der Waals surface area contributed by atoms with E-state index >= 15 is 0 Å². The van der Waals surface area contributed by atoms with Gasteiger partial charge in [-0.3, -0.25) is 0 Å². The van der Waals surface area contributed by atoms with Gasteiger partial charge >= 0.3 is 0 Å². The fourth-order valence-corrected chi connectivity index (χ4v) is 16.5. The van der Waals surface area contributed by atoms with Gasteiger partial charge in [0.2, 0.25) is 0 Å². The molecule has 5 heteroatoms. The first-order valence-electron chi connectivity index (χ1n) is 35.4. The standard InChI is InChI=1S/C94H91N3OSi/c1-90(2,3)64-34-46-70(47-35-64)95(71-48-36-65(37-49-71)91(4,5)6)72-54-42-68(43-55-72)94(69-44-57-76(58-45-69)99(13,14)15)81-60-75(96(73-50-38-66(39-51-73)92(7,8)9)83-31-22-26-62-24-16-18-28-77(62)83)56-59-79(81)87-82(94)61-85(89-88(87)80-30-20-21-33-86(80)98-89)97(74-52-40-67(41-53-74)93(10,11)12)84-32-23-27-63-25-17-19-29-78(63)84/h16-61H,1-15H3. The SMILES string of the molecule is CC(C)(C)c1ccc(N(c2ccc(C(C)(C)C)cc2)c2ccc(C3(c4ccc([Si](C)(C)C)cc4)c4cc(N(c5ccc(C(C)(C)C)cc5)c5cccc6ccccc56)ccc4-c4c3cc(N(c3ccc(C(C)(C)C)cc3)c3cccc5ccccc35)c3oc5ccccc5c43)cc2)cc1. The third-order valence-electron chi connectivity index (χ3n) is 20.9. The number of anilines is 9. The molecule has 1 aliphatic carbocycles. The number of fused-ring (bicyclic) bond motifs is 9. The first-order chi connectivity index (χ1) is 47.2. The van der Waals surface area contributed by atoms with Crippen molar-refractivity contribution in [1.29, 1.82) is 0 Å². The highest BCUT2D eigenvalue weighted by Crippen LogP contribution is 2.63. The lowest BCUT2D eigenvalue weighted by atomic mass is 9.67. The lowest BCUT2D eigenvalue weighted by molar-refractivity contribution is 0.590. The molecule has 0 bridgehead atoms. The average molecular weight is 1310 g/mol. The van der Waals surface area contributed by atoms with E-state index in [9.17, 15) is 0 Å². The zero-order valence-electron chi connectivity index (χ0n) is 60.3. The van der Waals surface area contributed by atoms with Crippen molar-refractivity contribution in [2.75, 3.05) is 14.7 Å². The molecule has 492 valence electrons. The van der Waals surface area contributed by atoms with Crippen molar-refractivity contribution in [3.05, 3.63) is 324 Å². The number of rotatable bonds is 12. The Morgan fingerprint density at radius 3 is 1.14 bits per heavy atom. The van der Waals surface area contributed by atoms with Gasteiger partial charge in [-0.25, -0.2) is 0 Å². The van der Waals surface area contributed by atoms with E-state index in [0.29, 0.717) is 0 Å². The molecule has 1 heterocycles. The zero-order chi connectivity index (χ0) is 69.1. The van der Waals surface area contributed by atoms with Crippen LogP contribution in [0.2, 0.25) is 19.6 Å². The predicted molar refractivity (Wildman–Crippen MR) is 428 cm³/mol. The molecule has 0 amide bonds. The topological polar surface area (TPSA) is 22.9 Å². The summed E-state index contributed by atoms with van der Waals surface area (Å²) in [4.78, 5) is 7.44. The van der Waals surface area contributed by atoms with Crippen molar-refractivity contribution in [2.45, 2.75) is 130 Å². The molecule has 1 aliphatic rings. The summed E-state index contributed by atoms with van der Waals surface area (Å²) in [6.07, 6.45) is 0. The van der Waals surface area contributed by atoms with Gasteiger partial charge in [-0.2, -0.15) is 0 Å². The van der Waals surface area contributed by atoms with Crippen LogP contribution in [0.5, 0.6) is 0 Å². The fourth-order valence-electron chi connectivity index (χ4n) is 15.4. The minimum Gasteiger partial charge on any atom is -0.454 e. The second-order valence-corrected chi connectivity index (χ2v) is 37.7. The molecule has 0 aliphatic heterocycles. The number of benzene rings is 13. The fraction of sp³-hybridized carbons (Fsp3) is 0.213. The Morgan fingerprint density at radius 2 is 0.687 bits per heavy atom. The molecule has 1 unspecified atom stereocenters.